The van der Waals surface area contributed by atoms with Crippen molar-refractivity contribution in [3.8, 4) is 0 Å². The number of fused-ring (bicyclic) bond motifs is 3. The standard InChI is InChI=1S/C21H24F3N7OS/c1-28-5-3-14-15(12-28)33-18-17(14)19(32)31(13-26-18)11-8-29-6-9-30(10-7-29)20-25-4-2-16(27-20)21(22,23)24/h2,4,13H,3,5-12H2,1H3. The van der Waals surface area contributed by atoms with Gasteiger partial charge in [0.05, 0.1) is 11.7 Å². The number of hydrogen-bond donors (Lipinski definition) is 0. The number of piperazine rings is 1. The molecular formula is C21H24F3N7OS. The number of aromatic nitrogens is 4. The van der Waals surface area contributed by atoms with Crippen molar-refractivity contribution in [1.29, 1.82) is 0 Å². The van der Waals surface area contributed by atoms with E-state index < -0.39 is 11.9 Å². The van der Waals surface area contributed by atoms with Gasteiger partial charge in [-0.3, -0.25) is 14.3 Å². The van der Waals surface area contributed by atoms with Crippen LogP contribution in [0.15, 0.2) is 23.4 Å². The molecule has 0 aliphatic carbocycles. The van der Waals surface area contributed by atoms with E-state index in [1.165, 1.54) is 4.88 Å². The van der Waals surface area contributed by atoms with Gasteiger partial charge in [0.2, 0.25) is 5.95 Å². The molecule has 0 spiro atoms. The molecule has 0 bridgehead atoms. The monoisotopic (exact) mass is 479 g/mol. The molecule has 0 aromatic carbocycles. The lowest BCUT2D eigenvalue weighted by Gasteiger charge is -2.34. The van der Waals surface area contributed by atoms with Crippen molar-refractivity contribution in [3.63, 3.8) is 0 Å². The lowest BCUT2D eigenvalue weighted by atomic mass is 10.1. The minimum atomic E-state index is -4.49. The average Bonchev–Trinajstić information content (AvgIpc) is 3.17. The summed E-state index contributed by atoms with van der Waals surface area (Å²) in [7, 11) is 2.08. The summed E-state index contributed by atoms with van der Waals surface area (Å²) in [4.78, 5) is 33.6. The minimum absolute atomic E-state index is 0.0121. The number of nitrogens with zero attached hydrogens (tertiary/aromatic N) is 7. The van der Waals surface area contributed by atoms with E-state index in [0.29, 0.717) is 39.3 Å². The third-order valence-corrected chi connectivity index (χ3v) is 7.39. The van der Waals surface area contributed by atoms with Gasteiger partial charge in [-0.05, 0) is 25.1 Å². The summed E-state index contributed by atoms with van der Waals surface area (Å²) < 4.78 is 40.5. The number of hydrogen-bond acceptors (Lipinski definition) is 8. The van der Waals surface area contributed by atoms with Gasteiger partial charge in [-0.2, -0.15) is 13.2 Å². The van der Waals surface area contributed by atoms with E-state index >= 15 is 0 Å². The SMILES string of the molecule is CN1CCc2c(sc3ncn(CCN4CCN(c5nccc(C(F)(F)F)n5)CC4)c(=O)c23)C1. The first kappa shape index (κ1) is 22.2. The van der Waals surface area contributed by atoms with Gasteiger partial charge in [0, 0.05) is 63.4 Å². The van der Waals surface area contributed by atoms with E-state index in [2.05, 4.69) is 31.8 Å². The Morgan fingerprint density at radius 1 is 1.09 bits per heavy atom. The summed E-state index contributed by atoms with van der Waals surface area (Å²) >= 11 is 1.61. The molecule has 0 atom stereocenters. The third kappa shape index (κ3) is 4.46. The summed E-state index contributed by atoms with van der Waals surface area (Å²) in [5.41, 5.74) is 0.229. The Bertz CT molecular complexity index is 1220. The van der Waals surface area contributed by atoms with E-state index in [4.69, 9.17) is 0 Å². The summed E-state index contributed by atoms with van der Waals surface area (Å²) in [6, 6.07) is 0.880. The highest BCUT2D eigenvalue weighted by molar-refractivity contribution is 7.18. The highest BCUT2D eigenvalue weighted by Crippen LogP contribution is 2.31. The maximum absolute atomic E-state index is 13.1. The van der Waals surface area contributed by atoms with Crippen LogP contribution in [0, 0.1) is 0 Å². The van der Waals surface area contributed by atoms with Crippen LogP contribution in [0.1, 0.15) is 16.1 Å². The molecule has 1 fully saturated rings. The Morgan fingerprint density at radius 2 is 1.88 bits per heavy atom. The normalized spacial score (nSPS) is 18.1. The maximum Gasteiger partial charge on any atom is 0.433 e. The van der Waals surface area contributed by atoms with E-state index in [0.717, 1.165) is 47.6 Å². The second kappa shape index (κ2) is 8.65. The first-order valence-corrected chi connectivity index (χ1v) is 11.7. The van der Waals surface area contributed by atoms with Crippen molar-refractivity contribution in [1.82, 2.24) is 29.3 Å². The third-order valence-electron chi connectivity index (χ3n) is 6.26. The van der Waals surface area contributed by atoms with Crippen LogP contribution in [0.25, 0.3) is 10.2 Å². The number of thiophene rings is 1. The molecule has 3 aromatic heterocycles. The quantitative estimate of drug-likeness (QED) is 0.568. The Hall–Kier alpha value is -2.57. The summed E-state index contributed by atoms with van der Waals surface area (Å²) in [6.07, 6.45) is -0.844. The number of rotatable bonds is 4. The van der Waals surface area contributed by atoms with E-state index in [1.807, 2.05) is 0 Å². The van der Waals surface area contributed by atoms with Crippen LogP contribution < -0.4 is 10.5 Å². The van der Waals surface area contributed by atoms with Crippen LogP contribution in [0.5, 0.6) is 0 Å². The highest BCUT2D eigenvalue weighted by Gasteiger charge is 2.33. The van der Waals surface area contributed by atoms with Crippen LogP contribution in [0.4, 0.5) is 19.1 Å². The fourth-order valence-corrected chi connectivity index (χ4v) is 5.64. The van der Waals surface area contributed by atoms with Gasteiger partial charge in [-0.1, -0.05) is 0 Å². The van der Waals surface area contributed by atoms with Crippen molar-refractivity contribution in [2.24, 2.45) is 0 Å². The number of halogens is 3. The zero-order valence-electron chi connectivity index (χ0n) is 18.2. The molecular weight excluding hydrogens is 455 g/mol. The number of alkyl halides is 3. The maximum atomic E-state index is 13.1. The molecule has 176 valence electrons. The van der Waals surface area contributed by atoms with Gasteiger partial charge < -0.3 is 9.80 Å². The number of likely N-dealkylation sites (N-methyl/N-ethyl adjacent to an activating group) is 1. The summed E-state index contributed by atoms with van der Waals surface area (Å²) in [5, 5.41) is 0.761. The Labute approximate surface area is 192 Å². The Kier molecular flexibility index (Phi) is 5.83. The Balaban J connectivity index is 1.23. The van der Waals surface area contributed by atoms with E-state index in [1.54, 1.807) is 27.1 Å². The van der Waals surface area contributed by atoms with Gasteiger partial charge in [0.1, 0.15) is 10.5 Å². The molecule has 5 heterocycles. The molecule has 1 saturated heterocycles. The molecule has 0 radical (unpaired) electrons. The molecule has 33 heavy (non-hydrogen) atoms. The molecule has 3 aromatic rings. The second-order valence-electron chi connectivity index (χ2n) is 8.48. The summed E-state index contributed by atoms with van der Waals surface area (Å²) in [5.74, 6) is 0.100. The fraction of sp³-hybridized carbons (Fsp3) is 0.524. The smallest absolute Gasteiger partial charge is 0.338 e. The highest BCUT2D eigenvalue weighted by atomic mass is 32.1. The first-order chi connectivity index (χ1) is 15.8. The van der Waals surface area contributed by atoms with Crippen molar-refractivity contribution >= 4 is 27.5 Å². The van der Waals surface area contributed by atoms with Gasteiger partial charge >= 0.3 is 6.18 Å². The summed E-state index contributed by atoms with van der Waals surface area (Å²) in [6.45, 7) is 5.35. The van der Waals surface area contributed by atoms with Crippen LogP contribution in [0.3, 0.4) is 0 Å². The van der Waals surface area contributed by atoms with Crippen molar-refractivity contribution < 1.29 is 13.2 Å². The molecule has 5 rings (SSSR count). The van der Waals surface area contributed by atoms with Crippen LogP contribution in [-0.4, -0.2) is 75.6 Å². The van der Waals surface area contributed by atoms with Crippen LogP contribution in [0.2, 0.25) is 0 Å². The topological polar surface area (TPSA) is 70.4 Å². The van der Waals surface area contributed by atoms with Gasteiger partial charge in [-0.25, -0.2) is 15.0 Å². The Morgan fingerprint density at radius 3 is 2.64 bits per heavy atom. The molecule has 8 nitrogen and oxygen atoms in total. The zero-order valence-corrected chi connectivity index (χ0v) is 19.0. The second-order valence-corrected chi connectivity index (χ2v) is 9.57. The average molecular weight is 480 g/mol. The van der Waals surface area contributed by atoms with Crippen molar-refractivity contribution in [3.05, 3.63) is 45.1 Å². The largest absolute Gasteiger partial charge is 0.433 e. The molecule has 0 N–H and O–H groups in total. The molecule has 2 aliphatic heterocycles. The minimum Gasteiger partial charge on any atom is -0.338 e. The van der Waals surface area contributed by atoms with Gasteiger partial charge in [0.25, 0.3) is 5.56 Å². The fourth-order valence-electron chi connectivity index (χ4n) is 4.39. The van der Waals surface area contributed by atoms with Gasteiger partial charge in [-0.15, -0.1) is 11.3 Å². The van der Waals surface area contributed by atoms with Crippen LogP contribution in [-0.2, 0) is 25.7 Å². The number of anilines is 1. The lowest BCUT2D eigenvalue weighted by Crippen LogP contribution is -2.48. The van der Waals surface area contributed by atoms with E-state index in [-0.39, 0.29) is 11.5 Å². The molecule has 2 aliphatic rings. The zero-order chi connectivity index (χ0) is 23.2. The van der Waals surface area contributed by atoms with Crippen molar-refractivity contribution in [2.75, 3.05) is 51.2 Å². The lowest BCUT2D eigenvalue weighted by molar-refractivity contribution is -0.141. The van der Waals surface area contributed by atoms with Crippen LogP contribution >= 0.6 is 11.3 Å². The predicted molar refractivity (Wildman–Crippen MR) is 120 cm³/mol. The van der Waals surface area contributed by atoms with E-state index in [9.17, 15) is 18.0 Å². The molecule has 0 unspecified atom stereocenters. The molecule has 0 saturated carbocycles. The molecule has 0 amide bonds. The van der Waals surface area contributed by atoms with Gasteiger partial charge in [0.15, 0.2) is 0 Å². The first-order valence-electron chi connectivity index (χ1n) is 10.9. The molecule has 12 heteroatoms. The van der Waals surface area contributed by atoms with Crippen molar-refractivity contribution in [2.45, 2.75) is 25.7 Å². The predicted octanol–water partition coefficient (Wildman–Crippen LogP) is 2.08.